The maximum Gasteiger partial charge on any atom is 0.306 e. The molecule has 6 nitrogen and oxygen atoms in total. The molecule has 6 heteroatoms. The summed E-state index contributed by atoms with van der Waals surface area (Å²) in [5, 5.41) is 0. The van der Waals surface area contributed by atoms with E-state index in [9.17, 15) is 14.4 Å². The molecule has 0 bridgehead atoms. The standard InChI is InChI=1S/C54H88O6/c1-4-7-10-13-16-19-22-25-26-27-28-30-32-35-38-41-44-47-53(56)59-50-51(49-58-52(55)46-43-40-37-34-31-24-21-18-15-12-9-6-3)60-54(57)48-45-42-39-36-33-29-23-20-17-14-11-8-5-2/h8-9,11-12,14,17-18,20-21,23,25-26,29,33,36,39,51H,4-7,10,13,15-16,19,22,24,27-28,30-32,34-35,37-38,40-50H2,1-3H3/b11-8-,12-9-,17-14-,21-18-,23-20-,26-25-,33-29-,39-36-. The van der Waals surface area contributed by atoms with Crippen molar-refractivity contribution in [3.63, 3.8) is 0 Å². The van der Waals surface area contributed by atoms with Gasteiger partial charge >= 0.3 is 17.9 Å². The Bertz CT molecular complexity index is 1230. The number of esters is 3. The van der Waals surface area contributed by atoms with Crippen LogP contribution >= 0.6 is 0 Å². The molecular weight excluding hydrogens is 745 g/mol. The first-order valence-corrected chi connectivity index (χ1v) is 24.3. The highest BCUT2D eigenvalue weighted by Gasteiger charge is 2.19. The summed E-state index contributed by atoms with van der Waals surface area (Å²) in [6.07, 6.45) is 62.6. The van der Waals surface area contributed by atoms with Gasteiger partial charge in [-0.1, -0.05) is 201 Å². The molecule has 0 aliphatic heterocycles. The molecule has 0 spiro atoms. The SMILES string of the molecule is CC\C=C/C=C\C=C/C=C\C=C/CCCC(=O)OC(COC(=O)CCCCCCC/C=C\C/C=C\CC)COC(=O)CCCCCCCCC/C=C\CCCCCCCC. The highest BCUT2D eigenvalue weighted by atomic mass is 16.6. The summed E-state index contributed by atoms with van der Waals surface area (Å²) in [4.78, 5) is 37.8. The van der Waals surface area contributed by atoms with Crippen molar-refractivity contribution in [1.82, 2.24) is 0 Å². The van der Waals surface area contributed by atoms with Crippen LogP contribution in [-0.4, -0.2) is 37.2 Å². The summed E-state index contributed by atoms with van der Waals surface area (Å²) in [6.45, 7) is 6.28. The quantitative estimate of drug-likeness (QED) is 0.0200. The van der Waals surface area contributed by atoms with E-state index in [-0.39, 0.29) is 37.5 Å². The lowest BCUT2D eigenvalue weighted by Crippen LogP contribution is -2.30. The Morgan fingerprint density at radius 1 is 0.367 bits per heavy atom. The Balaban J connectivity index is 4.49. The Morgan fingerprint density at radius 3 is 1.25 bits per heavy atom. The van der Waals surface area contributed by atoms with Crippen LogP contribution in [0.1, 0.15) is 207 Å². The molecule has 0 aliphatic carbocycles. The zero-order valence-electron chi connectivity index (χ0n) is 38.7. The number of ether oxygens (including phenoxy) is 3. The Hall–Kier alpha value is -3.67. The average molecular weight is 833 g/mol. The molecule has 340 valence electrons. The molecule has 0 fully saturated rings. The molecule has 60 heavy (non-hydrogen) atoms. The maximum atomic E-state index is 12.7. The van der Waals surface area contributed by atoms with Crippen LogP contribution in [0.3, 0.4) is 0 Å². The van der Waals surface area contributed by atoms with Crippen LogP contribution in [-0.2, 0) is 28.6 Å². The molecule has 0 heterocycles. The van der Waals surface area contributed by atoms with Crippen molar-refractivity contribution in [1.29, 1.82) is 0 Å². The summed E-state index contributed by atoms with van der Waals surface area (Å²) < 4.78 is 16.7. The second-order valence-corrected chi connectivity index (χ2v) is 15.7. The van der Waals surface area contributed by atoms with E-state index in [2.05, 4.69) is 63.3 Å². The Morgan fingerprint density at radius 2 is 0.750 bits per heavy atom. The van der Waals surface area contributed by atoms with Crippen LogP contribution in [0, 0.1) is 0 Å². The van der Waals surface area contributed by atoms with E-state index in [0.717, 1.165) is 83.5 Å². The van der Waals surface area contributed by atoms with E-state index in [1.807, 2.05) is 54.7 Å². The summed E-state index contributed by atoms with van der Waals surface area (Å²) in [5.41, 5.74) is 0. The number of hydrogen-bond acceptors (Lipinski definition) is 6. The van der Waals surface area contributed by atoms with Gasteiger partial charge in [-0.05, 0) is 83.5 Å². The fraction of sp³-hybridized carbons (Fsp3) is 0.648. The molecule has 0 aliphatic rings. The van der Waals surface area contributed by atoms with Crippen LogP contribution in [0.25, 0.3) is 0 Å². The third kappa shape index (κ3) is 45.4. The average Bonchev–Trinajstić information content (AvgIpc) is 3.24. The number of carbonyl (C=O) groups is 3. The first kappa shape index (κ1) is 56.3. The first-order valence-electron chi connectivity index (χ1n) is 24.3. The van der Waals surface area contributed by atoms with Crippen molar-refractivity contribution in [3.8, 4) is 0 Å². The van der Waals surface area contributed by atoms with E-state index in [1.54, 1.807) is 0 Å². The largest absolute Gasteiger partial charge is 0.462 e. The van der Waals surface area contributed by atoms with Gasteiger partial charge in [0.05, 0.1) is 0 Å². The molecular formula is C54H88O6. The lowest BCUT2D eigenvalue weighted by molar-refractivity contribution is -0.167. The van der Waals surface area contributed by atoms with Crippen LogP contribution in [0.4, 0.5) is 0 Å². The van der Waals surface area contributed by atoms with Gasteiger partial charge < -0.3 is 14.2 Å². The summed E-state index contributed by atoms with van der Waals surface area (Å²) >= 11 is 0. The minimum atomic E-state index is -0.821. The van der Waals surface area contributed by atoms with Gasteiger partial charge in [-0.3, -0.25) is 14.4 Å². The fourth-order valence-corrected chi connectivity index (χ4v) is 6.33. The van der Waals surface area contributed by atoms with Gasteiger partial charge in [-0.25, -0.2) is 0 Å². The zero-order chi connectivity index (χ0) is 43.7. The molecule has 0 saturated heterocycles. The second-order valence-electron chi connectivity index (χ2n) is 15.7. The topological polar surface area (TPSA) is 78.9 Å². The molecule has 1 atom stereocenters. The first-order chi connectivity index (χ1) is 29.5. The van der Waals surface area contributed by atoms with E-state index in [0.29, 0.717) is 19.3 Å². The summed E-state index contributed by atoms with van der Waals surface area (Å²) in [5.74, 6) is -1.02. The maximum absolute atomic E-state index is 12.7. The van der Waals surface area contributed by atoms with Crippen LogP contribution in [0.5, 0.6) is 0 Å². The smallest absolute Gasteiger partial charge is 0.306 e. The molecule has 0 aromatic carbocycles. The van der Waals surface area contributed by atoms with Gasteiger partial charge in [-0.15, -0.1) is 0 Å². The molecule has 0 radical (unpaired) electrons. The predicted molar refractivity (Wildman–Crippen MR) is 256 cm³/mol. The van der Waals surface area contributed by atoms with Gasteiger partial charge in [0, 0.05) is 19.3 Å². The Kier molecular flexibility index (Phi) is 45.1. The summed E-state index contributed by atoms with van der Waals surface area (Å²) in [6, 6.07) is 0. The highest BCUT2D eigenvalue weighted by molar-refractivity contribution is 5.71. The van der Waals surface area contributed by atoms with Crippen LogP contribution < -0.4 is 0 Å². The van der Waals surface area contributed by atoms with Crippen molar-refractivity contribution in [3.05, 3.63) is 97.2 Å². The molecule has 0 rings (SSSR count). The van der Waals surface area contributed by atoms with Gasteiger partial charge in [0.15, 0.2) is 6.10 Å². The fourth-order valence-electron chi connectivity index (χ4n) is 6.33. The number of allylic oxidation sites excluding steroid dienone is 16. The monoisotopic (exact) mass is 833 g/mol. The van der Waals surface area contributed by atoms with E-state index in [4.69, 9.17) is 14.2 Å². The zero-order valence-corrected chi connectivity index (χ0v) is 38.7. The third-order valence-electron chi connectivity index (χ3n) is 9.93. The highest BCUT2D eigenvalue weighted by Crippen LogP contribution is 2.13. The molecule has 0 N–H and O–H groups in total. The van der Waals surface area contributed by atoms with Crippen molar-refractivity contribution >= 4 is 17.9 Å². The molecule has 0 amide bonds. The van der Waals surface area contributed by atoms with Crippen molar-refractivity contribution < 1.29 is 28.6 Å². The second kappa shape index (κ2) is 48.0. The summed E-state index contributed by atoms with van der Waals surface area (Å²) in [7, 11) is 0. The number of rotatable bonds is 42. The lowest BCUT2D eigenvalue weighted by atomic mass is 10.1. The van der Waals surface area contributed by atoms with Gasteiger partial charge in [0.2, 0.25) is 0 Å². The number of carbonyl (C=O) groups excluding carboxylic acids is 3. The van der Waals surface area contributed by atoms with E-state index >= 15 is 0 Å². The minimum absolute atomic E-state index is 0.114. The predicted octanol–water partition coefficient (Wildman–Crippen LogP) is 15.8. The normalized spacial score (nSPS) is 12.9. The lowest BCUT2D eigenvalue weighted by Gasteiger charge is -2.18. The van der Waals surface area contributed by atoms with Gasteiger partial charge in [-0.2, -0.15) is 0 Å². The van der Waals surface area contributed by atoms with Crippen molar-refractivity contribution in [2.24, 2.45) is 0 Å². The van der Waals surface area contributed by atoms with E-state index < -0.39 is 6.10 Å². The number of hydrogen-bond donors (Lipinski definition) is 0. The Labute approximate surface area is 368 Å². The van der Waals surface area contributed by atoms with Gasteiger partial charge in [0.1, 0.15) is 13.2 Å². The van der Waals surface area contributed by atoms with Crippen molar-refractivity contribution in [2.45, 2.75) is 213 Å². The molecule has 0 saturated carbocycles. The number of unbranched alkanes of at least 4 members (excludes halogenated alkanes) is 19. The van der Waals surface area contributed by atoms with Crippen LogP contribution in [0.15, 0.2) is 97.2 Å². The third-order valence-corrected chi connectivity index (χ3v) is 9.93. The minimum Gasteiger partial charge on any atom is -0.462 e. The molecule has 0 aromatic rings. The van der Waals surface area contributed by atoms with Crippen molar-refractivity contribution in [2.75, 3.05) is 13.2 Å². The molecule has 0 aromatic heterocycles. The van der Waals surface area contributed by atoms with E-state index in [1.165, 1.54) is 77.0 Å². The van der Waals surface area contributed by atoms with Gasteiger partial charge in [0.25, 0.3) is 0 Å². The molecule has 1 unspecified atom stereocenters. The van der Waals surface area contributed by atoms with Crippen LogP contribution in [0.2, 0.25) is 0 Å².